The van der Waals surface area contributed by atoms with E-state index >= 15 is 0 Å². The van der Waals surface area contributed by atoms with Crippen LogP contribution in [0.4, 0.5) is 0 Å². The maximum absolute atomic E-state index is 12.8. The van der Waals surface area contributed by atoms with Gasteiger partial charge in [-0.1, -0.05) is 19.1 Å². The zero-order valence-corrected chi connectivity index (χ0v) is 15.4. The molecule has 1 saturated heterocycles. The average Bonchev–Trinajstić information content (AvgIpc) is 3.12. The lowest BCUT2D eigenvalue weighted by Gasteiger charge is -2.31. The maximum Gasteiger partial charge on any atom is 0.316 e. The first kappa shape index (κ1) is 16.9. The van der Waals surface area contributed by atoms with Gasteiger partial charge in [-0.3, -0.25) is 4.79 Å². The van der Waals surface area contributed by atoms with Crippen LogP contribution in [0.1, 0.15) is 35.1 Å². The Labute approximate surface area is 155 Å². The number of likely N-dealkylation sites (tertiary alicyclic amines) is 1. The smallest absolute Gasteiger partial charge is 0.316 e. The van der Waals surface area contributed by atoms with E-state index in [1.165, 1.54) is 11.3 Å². The fraction of sp³-hybridized carbons (Fsp3) is 0.368. The van der Waals surface area contributed by atoms with E-state index in [2.05, 4.69) is 21.9 Å². The van der Waals surface area contributed by atoms with Gasteiger partial charge in [0, 0.05) is 18.9 Å². The molecule has 2 aromatic heterocycles. The summed E-state index contributed by atoms with van der Waals surface area (Å²) in [5.74, 6) is -0.0262. The number of amides is 1. The minimum Gasteiger partial charge on any atom is -0.458 e. The number of thiazole rings is 1. The number of ether oxygens (including phenoxy) is 1. The average molecular weight is 368 g/mol. The van der Waals surface area contributed by atoms with Crippen molar-refractivity contribution in [1.82, 2.24) is 19.9 Å². The standard InChI is InChI=1S/C19H20N4O2S/c1-2-13-10-20-19(21-11-13)25-14-6-5-9-23(12-14)18(24)17-22-15-7-3-4-8-16(15)26-17/h3-4,7-8,10-11,14H,2,5-6,9,12H2,1H3. The third kappa shape index (κ3) is 3.53. The van der Waals surface area contributed by atoms with Crippen LogP contribution in [0.15, 0.2) is 36.7 Å². The molecule has 1 unspecified atom stereocenters. The summed E-state index contributed by atoms with van der Waals surface area (Å²) in [7, 11) is 0. The molecule has 3 heterocycles. The Morgan fingerprint density at radius 2 is 2.12 bits per heavy atom. The van der Waals surface area contributed by atoms with Crippen molar-refractivity contribution in [1.29, 1.82) is 0 Å². The van der Waals surface area contributed by atoms with Crippen LogP contribution in [-0.4, -0.2) is 45.0 Å². The number of fused-ring (bicyclic) bond motifs is 1. The largest absolute Gasteiger partial charge is 0.458 e. The summed E-state index contributed by atoms with van der Waals surface area (Å²) < 4.78 is 6.93. The number of nitrogens with zero attached hydrogens (tertiary/aromatic N) is 4. The number of piperidine rings is 1. The highest BCUT2D eigenvalue weighted by molar-refractivity contribution is 7.20. The monoisotopic (exact) mass is 368 g/mol. The van der Waals surface area contributed by atoms with Crippen LogP contribution in [0.25, 0.3) is 10.2 Å². The Kier molecular flexibility index (Phi) is 4.79. The minimum atomic E-state index is -0.0884. The van der Waals surface area contributed by atoms with Gasteiger partial charge >= 0.3 is 6.01 Å². The first-order valence-corrected chi connectivity index (χ1v) is 9.67. The molecule has 7 heteroatoms. The Bertz CT molecular complexity index is 876. The number of benzene rings is 1. The first-order valence-electron chi connectivity index (χ1n) is 8.85. The molecule has 0 bridgehead atoms. The van der Waals surface area contributed by atoms with E-state index in [1.54, 1.807) is 12.4 Å². The van der Waals surface area contributed by atoms with Gasteiger partial charge in [-0.15, -0.1) is 11.3 Å². The number of hydrogen-bond acceptors (Lipinski definition) is 6. The molecule has 26 heavy (non-hydrogen) atoms. The summed E-state index contributed by atoms with van der Waals surface area (Å²) in [6.45, 7) is 3.32. The summed E-state index contributed by atoms with van der Waals surface area (Å²) in [6, 6.07) is 8.20. The molecule has 0 N–H and O–H groups in total. The van der Waals surface area contributed by atoms with Crippen molar-refractivity contribution in [3.05, 3.63) is 47.2 Å². The van der Waals surface area contributed by atoms with Crippen LogP contribution >= 0.6 is 11.3 Å². The predicted molar refractivity (Wildman–Crippen MR) is 101 cm³/mol. The highest BCUT2D eigenvalue weighted by atomic mass is 32.1. The molecule has 1 amide bonds. The van der Waals surface area contributed by atoms with Crippen LogP contribution in [0.2, 0.25) is 0 Å². The molecule has 0 spiro atoms. The van der Waals surface area contributed by atoms with Crippen LogP contribution in [-0.2, 0) is 6.42 Å². The molecular formula is C19H20N4O2S. The van der Waals surface area contributed by atoms with E-state index in [-0.39, 0.29) is 12.0 Å². The summed E-state index contributed by atoms with van der Waals surface area (Å²) >= 11 is 1.44. The molecule has 0 saturated carbocycles. The third-order valence-corrected chi connectivity index (χ3v) is 5.53. The first-order chi connectivity index (χ1) is 12.7. The van der Waals surface area contributed by atoms with Gasteiger partial charge in [0.2, 0.25) is 0 Å². The number of rotatable bonds is 4. The molecule has 0 aliphatic carbocycles. The number of para-hydroxylation sites is 1. The normalized spacial score (nSPS) is 17.4. The molecule has 0 radical (unpaired) electrons. The van der Waals surface area contributed by atoms with Crippen molar-refractivity contribution in [2.75, 3.05) is 13.1 Å². The second-order valence-corrected chi connectivity index (χ2v) is 7.38. The molecule has 3 aromatic rings. The number of hydrogen-bond donors (Lipinski definition) is 0. The zero-order chi connectivity index (χ0) is 17.9. The van der Waals surface area contributed by atoms with E-state index in [0.29, 0.717) is 17.6 Å². The number of carbonyl (C=O) groups is 1. The van der Waals surface area contributed by atoms with E-state index in [0.717, 1.165) is 41.6 Å². The van der Waals surface area contributed by atoms with E-state index < -0.39 is 0 Å². The van der Waals surface area contributed by atoms with Crippen LogP contribution < -0.4 is 4.74 Å². The highest BCUT2D eigenvalue weighted by Gasteiger charge is 2.28. The van der Waals surface area contributed by atoms with Crippen molar-refractivity contribution in [2.45, 2.75) is 32.3 Å². The molecule has 1 fully saturated rings. The SMILES string of the molecule is CCc1cnc(OC2CCCN(C(=O)c3nc4ccccc4s3)C2)nc1. The van der Waals surface area contributed by atoms with Gasteiger partial charge in [-0.2, -0.15) is 0 Å². The van der Waals surface area contributed by atoms with Crippen LogP contribution in [0.5, 0.6) is 6.01 Å². The second-order valence-electron chi connectivity index (χ2n) is 6.35. The van der Waals surface area contributed by atoms with Gasteiger partial charge in [0.15, 0.2) is 5.01 Å². The van der Waals surface area contributed by atoms with Gasteiger partial charge in [0.05, 0.1) is 16.8 Å². The van der Waals surface area contributed by atoms with Gasteiger partial charge in [-0.25, -0.2) is 15.0 Å². The fourth-order valence-electron chi connectivity index (χ4n) is 3.05. The molecule has 1 aliphatic rings. The van der Waals surface area contributed by atoms with E-state index in [1.807, 2.05) is 29.2 Å². The van der Waals surface area contributed by atoms with Crippen molar-refractivity contribution >= 4 is 27.5 Å². The Balaban J connectivity index is 1.44. The maximum atomic E-state index is 12.8. The van der Waals surface area contributed by atoms with Crippen molar-refractivity contribution < 1.29 is 9.53 Å². The highest BCUT2D eigenvalue weighted by Crippen LogP contribution is 2.24. The molecule has 6 nitrogen and oxygen atoms in total. The lowest BCUT2D eigenvalue weighted by atomic mass is 10.1. The van der Waals surface area contributed by atoms with E-state index in [4.69, 9.17) is 4.74 Å². The molecule has 4 rings (SSSR count). The van der Waals surface area contributed by atoms with Crippen LogP contribution in [0.3, 0.4) is 0 Å². The number of aryl methyl sites for hydroxylation is 1. The molecular weight excluding hydrogens is 348 g/mol. The summed E-state index contributed by atoms with van der Waals surface area (Å²) in [6.07, 6.45) is 6.17. The number of aromatic nitrogens is 3. The van der Waals surface area contributed by atoms with Gasteiger partial charge in [0.1, 0.15) is 6.10 Å². The second kappa shape index (κ2) is 7.37. The lowest BCUT2D eigenvalue weighted by Crippen LogP contribution is -2.44. The summed E-state index contributed by atoms with van der Waals surface area (Å²) in [5.41, 5.74) is 1.95. The van der Waals surface area contributed by atoms with Gasteiger partial charge in [0.25, 0.3) is 5.91 Å². The van der Waals surface area contributed by atoms with Crippen molar-refractivity contribution in [2.24, 2.45) is 0 Å². The topological polar surface area (TPSA) is 68.2 Å². The third-order valence-electron chi connectivity index (χ3n) is 4.50. The summed E-state index contributed by atoms with van der Waals surface area (Å²) in [4.78, 5) is 27.6. The van der Waals surface area contributed by atoms with E-state index in [9.17, 15) is 4.79 Å². The van der Waals surface area contributed by atoms with Crippen molar-refractivity contribution in [3.63, 3.8) is 0 Å². The quantitative estimate of drug-likeness (QED) is 0.706. The molecule has 1 atom stereocenters. The fourth-order valence-corrected chi connectivity index (χ4v) is 3.99. The predicted octanol–water partition coefficient (Wildman–Crippen LogP) is 3.33. The number of carbonyl (C=O) groups excluding carboxylic acids is 1. The summed E-state index contributed by atoms with van der Waals surface area (Å²) in [5, 5.41) is 0.537. The molecule has 1 aliphatic heterocycles. The van der Waals surface area contributed by atoms with Crippen molar-refractivity contribution in [3.8, 4) is 6.01 Å². The molecule has 134 valence electrons. The zero-order valence-electron chi connectivity index (χ0n) is 14.6. The lowest BCUT2D eigenvalue weighted by molar-refractivity contribution is 0.0515. The Morgan fingerprint density at radius 1 is 1.31 bits per heavy atom. The minimum absolute atomic E-state index is 0.0262. The van der Waals surface area contributed by atoms with Crippen LogP contribution in [0, 0.1) is 0 Å². The van der Waals surface area contributed by atoms with Gasteiger partial charge in [-0.05, 0) is 37.0 Å². The Morgan fingerprint density at radius 3 is 2.88 bits per heavy atom. The Hall–Kier alpha value is -2.54. The van der Waals surface area contributed by atoms with Gasteiger partial charge < -0.3 is 9.64 Å². The molecule has 1 aromatic carbocycles.